The molecule has 26 heavy (non-hydrogen) atoms. The van der Waals surface area contributed by atoms with E-state index in [4.69, 9.17) is 0 Å². The topological polar surface area (TPSA) is 80.1 Å². The van der Waals surface area contributed by atoms with Gasteiger partial charge in [0.05, 0.1) is 0 Å². The maximum atomic E-state index is 12.4. The van der Waals surface area contributed by atoms with Gasteiger partial charge in [0.2, 0.25) is 11.8 Å². The Balaban J connectivity index is 1.24. The van der Waals surface area contributed by atoms with Gasteiger partial charge in [-0.3, -0.25) is 9.59 Å². The lowest BCUT2D eigenvalue weighted by molar-refractivity contribution is -0.136. The summed E-state index contributed by atoms with van der Waals surface area (Å²) in [6.07, 6.45) is 8.87. The predicted molar refractivity (Wildman–Crippen MR) is 95.2 cm³/mol. The molecule has 3 heterocycles. The molecular formula is C19H23N5O2. The Morgan fingerprint density at radius 3 is 2.54 bits per heavy atom. The molecule has 0 atom stereocenters. The van der Waals surface area contributed by atoms with E-state index >= 15 is 0 Å². The van der Waals surface area contributed by atoms with Gasteiger partial charge >= 0.3 is 0 Å². The molecule has 2 aliphatic rings. The van der Waals surface area contributed by atoms with Crippen molar-refractivity contribution in [1.82, 2.24) is 25.0 Å². The lowest BCUT2D eigenvalue weighted by Gasteiger charge is -2.31. The van der Waals surface area contributed by atoms with Crippen LogP contribution in [0.1, 0.15) is 31.2 Å². The van der Waals surface area contributed by atoms with Crippen LogP contribution < -0.4 is 5.32 Å². The molecule has 136 valence electrons. The number of nitrogens with one attached hydrogen (secondary N) is 1. The molecule has 0 unspecified atom stereocenters. The van der Waals surface area contributed by atoms with E-state index < -0.39 is 0 Å². The van der Waals surface area contributed by atoms with Crippen LogP contribution in [0, 0.1) is 11.8 Å². The molecule has 1 N–H and O–H groups in total. The van der Waals surface area contributed by atoms with Crippen LogP contribution in [0.25, 0.3) is 5.82 Å². The standard InChI is InChI=1S/C19H23N5O2/c25-18(15-6-10-23(11-7-15)19(26)16-3-4-16)21-13-14-2-5-17(20-12-14)24-9-1-8-22-24/h1-2,5,8-9,12,15-16H,3-4,6-7,10-11,13H2,(H,21,25). The number of carbonyl (C=O) groups is 2. The molecule has 0 radical (unpaired) electrons. The van der Waals surface area contributed by atoms with Crippen LogP contribution in [0.2, 0.25) is 0 Å². The molecule has 0 aromatic carbocycles. The highest BCUT2D eigenvalue weighted by atomic mass is 16.2. The Labute approximate surface area is 152 Å². The van der Waals surface area contributed by atoms with Gasteiger partial charge in [-0.2, -0.15) is 5.10 Å². The molecule has 4 rings (SSSR count). The third-order valence-corrected chi connectivity index (χ3v) is 5.12. The third kappa shape index (κ3) is 3.76. The van der Waals surface area contributed by atoms with Crippen molar-refractivity contribution in [2.45, 2.75) is 32.2 Å². The van der Waals surface area contributed by atoms with Crippen LogP contribution in [0.4, 0.5) is 0 Å². The Morgan fingerprint density at radius 2 is 1.92 bits per heavy atom. The first-order valence-corrected chi connectivity index (χ1v) is 9.22. The van der Waals surface area contributed by atoms with Crippen molar-refractivity contribution in [3.63, 3.8) is 0 Å². The zero-order valence-electron chi connectivity index (χ0n) is 14.7. The largest absolute Gasteiger partial charge is 0.352 e. The van der Waals surface area contributed by atoms with Crippen LogP contribution in [0.15, 0.2) is 36.8 Å². The van der Waals surface area contributed by atoms with Crippen molar-refractivity contribution in [3.05, 3.63) is 42.4 Å². The van der Waals surface area contributed by atoms with Crippen molar-refractivity contribution >= 4 is 11.8 Å². The summed E-state index contributed by atoms with van der Waals surface area (Å²) in [5.74, 6) is 1.36. The maximum absolute atomic E-state index is 12.4. The van der Waals surface area contributed by atoms with Crippen LogP contribution in [-0.4, -0.2) is 44.6 Å². The lowest BCUT2D eigenvalue weighted by Crippen LogP contribution is -2.43. The molecule has 7 nitrogen and oxygen atoms in total. The van der Waals surface area contributed by atoms with Gasteiger partial charge in [-0.25, -0.2) is 9.67 Å². The minimum atomic E-state index is -0.00504. The summed E-state index contributed by atoms with van der Waals surface area (Å²) < 4.78 is 1.69. The number of likely N-dealkylation sites (tertiary alicyclic amines) is 1. The highest BCUT2D eigenvalue weighted by molar-refractivity contribution is 5.82. The third-order valence-electron chi connectivity index (χ3n) is 5.12. The van der Waals surface area contributed by atoms with E-state index in [0.717, 1.165) is 37.1 Å². The monoisotopic (exact) mass is 353 g/mol. The second-order valence-electron chi connectivity index (χ2n) is 7.07. The Bertz CT molecular complexity index is 760. The first-order chi connectivity index (χ1) is 12.7. The SMILES string of the molecule is O=C(NCc1ccc(-n2cccn2)nc1)C1CCN(C(=O)C2CC2)CC1. The molecule has 2 amide bonds. The van der Waals surface area contributed by atoms with Crippen molar-refractivity contribution in [2.75, 3.05) is 13.1 Å². The van der Waals surface area contributed by atoms with Crippen LogP contribution in [-0.2, 0) is 16.1 Å². The number of carbonyl (C=O) groups excluding carboxylic acids is 2. The molecular weight excluding hydrogens is 330 g/mol. The van der Waals surface area contributed by atoms with E-state index in [2.05, 4.69) is 15.4 Å². The molecule has 1 aliphatic heterocycles. The van der Waals surface area contributed by atoms with E-state index in [-0.39, 0.29) is 23.7 Å². The van der Waals surface area contributed by atoms with Crippen LogP contribution >= 0.6 is 0 Å². The molecule has 2 aromatic rings. The van der Waals surface area contributed by atoms with Gasteiger partial charge in [0.15, 0.2) is 5.82 Å². The van der Waals surface area contributed by atoms with Gasteiger partial charge in [0.1, 0.15) is 0 Å². The molecule has 1 saturated carbocycles. The van der Waals surface area contributed by atoms with Gasteiger partial charge < -0.3 is 10.2 Å². The highest BCUT2D eigenvalue weighted by Crippen LogP contribution is 2.32. The zero-order valence-corrected chi connectivity index (χ0v) is 14.7. The molecule has 0 spiro atoms. The Kier molecular flexibility index (Phi) is 4.69. The number of hydrogen-bond donors (Lipinski definition) is 1. The van der Waals surface area contributed by atoms with Crippen molar-refractivity contribution in [2.24, 2.45) is 11.8 Å². The Morgan fingerprint density at radius 1 is 1.12 bits per heavy atom. The number of rotatable bonds is 5. The van der Waals surface area contributed by atoms with E-state index in [0.29, 0.717) is 19.6 Å². The van der Waals surface area contributed by atoms with E-state index in [9.17, 15) is 9.59 Å². The first-order valence-electron chi connectivity index (χ1n) is 9.22. The van der Waals surface area contributed by atoms with E-state index in [1.165, 1.54) is 0 Å². The Hall–Kier alpha value is -2.70. The lowest BCUT2D eigenvalue weighted by atomic mass is 9.95. The second kappa shape index (κ2) is 7.27. The summed E-state index contributed by atoms with van der Waals surface area (Å²) in [5, 5.41) is 7.14. The average Bonchev–Trinajstić information content (AvgIpc) is 3.40. The van der Waals surface area contributed by atoms with Gasteiger partial charge in [-0.05, 0) is 43.4 Å². The molecule has 2 fully saturated rings. The fourth-order valence-corrected chi connectivity index (χ4v) is 3.35. The minimum Gasteiger partial charge on any atom is -0.352 e. The van der Waals surface area contributed by atoms with Gasteiger partial charge in [0.25, 0.3) is 0 Å². The summed E-state index contributed by atoms with van der Waals surface area (Å²) >= 11 is 0. The summed E-state index contributed by atoms with van der Waals surface area (Å²) in [6, 6.07) is 5.68. The molecule has 7 heteroatoms. The summed E-state index contributed by atoms with van der Waals surface area (Å²) in [7, 11) is 0. The minimum absolute atomic E-state index is 0.00504. The number of hydrogen-bond acceptors (Lipinski definition) is 4. The molecule has 1 aliphatic carbocycles. The summed E-state index contributed by atoms with van der Waals surface area (Å²) in [4.78, 5) is 30.8. The maximum Gasteiger partial charge on any atom is 0.225 e. The number of piperidine rings is 1. The molecule has 1 saturated heterocycles. The van der Waals surface area contributed by atoms with Crippen LogP contribution in [0.3, 0.4) is 0 Å². The predicted octanol–water partition coefficient (Wildman–Crippen LogP) is 1.53. The van der Waals surface area contributed by atoms with Crippen molar-refractivity contribution < 1.29 is 9.59 Å². The van der Waals surface area contributed by atoms with Gasteiger partial charge in [-0.1, -0.05) is 6.07 Å². The van der Waals surface area contributed by atoms with E-state index in [1.54, 1.807) is 17.1 Å². The number of pyridine rings is 1. The number of nitrogens with zero attached hydrogens (tertiary/aromatic N) is 4. The molecule has 2 aromatic heterocycles. The number of amides is 2. The highest BCUT2D eigenvalue weighted by Gasteiger charge is 2.35. The summed E-state index contributed by atoms with van der Waals surface area (Å²) in [6.45, 7) is 1.87. The van der Waals surface area contributed by atoms with Gasteiger partial charge in [0, 0.05) is 50.1 Å². The van der Waals surface area contributed by atoms with Crippen molar-refractivity contribution in [3.8, 4) is 5.82 Å². The summed E-state index contributed by atoms with van der Waals surface area (Å²) in [5.41, 5.74) is 0.954. The normalized spacial score (nSPS) is 17.9. The zero-order chi connectivity index (χ0) is 17.9. The molecule has 0 bridgehead atoms. The fraction of sp³-hybridized carbons (Fsp3) is 0.474. The van der Waals surface area contributed by atoms with E-state index in [1.807, 2.05) is 29.3 Å². The average molecular weight is 353 g/mol. The second-order valence-corrected chi connectivity index (χ2v) is 7.07. The first kappa shape index (κ1) is 16.8. The smallest absolute Gasteiger partial charge is 0.225 e. The van der Waals surface area contributed by atoms with Gasteiger partial charge in [-0.15, -0.1) is 0 Å². The van der Waals surface area contributed by atoms with Crippen LogP contribution in [0.5, 0.6) is 0 Å². The quantitative estimate of drug-likeness (QED) is 0.884. The van der Waals surface area contributed by atoms with Crippen molar-refractivity contribution in [1.29, 1.82) is 0 Å². The fourth-order valence-electron chi connectivity index (χ4n) is 3.35. The number of aromatic nitrogens is 3.